The molecular weight excluding hydrogens is 522 g/mol. The van der Waals surface area contributed by atoms with E-state index < -0.39 is 21.8 Å². The van der Waals surface area contributed by atoms with Gasteiger partial charge in [0.15, 0.2) is 0 Å². The number of ether oxygens (including phenoxy) is 4. The third-order valence-corrected chi connectivity index (χ3v) is 6.05. The number of rotatable bonds is 13. The summed E-state index contributed by atoms with van der Waals surface area (Å²) in [7, 11) is -1.73. The van der Waals surface area contributed by atoms with Crippen LogP contribution in [-0.2, 0) is 28.5 Å². The molecule has 0 aliphatic rings. The van der Waals surface area contributed by atoms with Gasteiger partial charge in [0.05, 0.1) is 39.3 Å². The summed E-state index contributed by atoms with van der Waals surface area (Å²) in [6.07, 6.45) is 0.606. The number of carbonyl (C=O) groups excluding carboxylic acids is 1. The number of nitrogens with zero attached hydrogens (tertiary/aromatic N) is 1. The second-order valence-corrected chi connectivity index (χ2v) is 11.6. The van der Waals surface area contributed by atoms with E-state index in [2.05, 4.69) is 16.3 Å². The highest BCUT2D eigenvalue weighted by Crippen LogP contribution is 2.29. The van der Waals surface area contributed by atoms with Crippen LogP contribution in [0.1, 0.15) is 20.8 Å². The average Bonchev–Trinajstić information content (AvgIpc) is 2.87. The molecule has 0 fully saturated rings. The molecule has 3 aromatic carbocycles. The van der Waals surface area contributed by atoms with Crippen LogP contribution in [0.3, 0.4) is 0 Å². The lowest BCUT2D eigenvalue weighted by Gasteiger charge is -2.24. The van der Waals surface area contributed by atoms with Crippen molar-refractivity contribution in [2.45, 2.75) is 26.4 Å². The minimum Gasteiger partial charge on any atom is -0.491 e. The predicted molar refractivity (Wildman–Crippen MR) is 152 cm³/mol. The molecule has 212 valence electrons. The molecule has 0 aliphatic heterocycles. The van der Waals surface area contributed by atoms with Crippen LogP contribution in [0.4, 0.5) is 10.5 Å². The van der Waals surface area contributed by atoms with E-state index in [1.165, 1.54) is 4.90 Å². The largest absolute Gasteiger partial charge is 0.491 e. The van der Waals surface area contributed by atoms with Gasteiger partial charge in [-0.1, -0.05) is 30.3 Å². The van der Waals surface area contributed by atoms with Crippen LogP contribution in [0.15, 0.2) is 60.7 Å². The zero-order valence-corrected chi connectivity index (χ0v) is 24.0. The fraction of sp³-hybridized carbons (Fsp3) is 0.414. The number of benzene rings is 3. The van der Waals surface area contributed by atoms with E-state index in [-0.39, 0.29) is 13.2 Å². The Hall–Kier alpha value is -3.18. The number of hydrogen-bond acceptors (Lipinski definition) is 8. The topological polar surface area (TPSA) is 101 Å². The zero-order chi connectivity index (χ0) is 28.5. The van der Waals surface area contributed by atoms with E-state index in [0.29, 0.717) is 26.4 Å². The van der Waals surface area contributed by atoms with Gasteiger partial charge in [-0.3, -0.25) is 9.08 Å². The summed E-state index contributed by atoms with van der Waals surface area (Å²) in [5.41, 5.74) is 2.35. The maximum Gasteiger partial charge on any atom is 0.414 e. The van der Waals surface area contributed by atoms with Crippen LogP contribution in [0.5, 0.6) is 5.75 Å². The Kier molecular flexibility index (Phi) is 10.7. The van der Waals surface area contributed by atoms with Crippen LogP contribution in [0, 0.1) is 0 Å². The normalized spacial score (nSPS) is 11.9. The number of anilines is 1. The molecule has 0 heterocycles. The first-order valence-electron chi connectivity index (χ1n) is 12.6. The first kappa shape index (κ1) is 30.4. The van der Waals surface area contributed by atoms with Crippen LogP contribution in [0.2, 0.25) is 0 Å². The molecule has 0 N–H and O–H groups in total. The third-order valence-electron chi connectivity index (χ3n) is 5.46. The highest BCUT2D eigenvalue weighted by Gasteiger charge is 2.20. The standard InChI is InChI=1S/C29H37NO8S/c1-29(2,3)38-28(31)30(4)26-11-8-24-20-23(6-7-25(24)21-26)22-9-12-27(13-10-22)36-18-16-34-14-15-35-17-19-37-39(5,32)33/h6-13,20-21H,14-19H2,1-5H3. The Balaban J connectivity index is 1.45. The Bertz CT molecular complexity index is 1330. The summed E-state index contributed by atoms with van der Waals surface area (Å²) in [6.45, 7) is 7.23. The average molecular weight is 560 g/mol. The van der Waals surface area contributed by atoms with E-state index in [1.54, 1.807) is 7.05 Å². The van der Waals surface area contributed by atoms with Crippen LogP contribution >= 0.6 is 0 Å². The van der Waals surface area contributed by atoms with Gasteiger partial charge in [-0.25, -0.2) is 4.79 Å². The minimum atomic E-state index is -3.44. The molecule has 0 unspecified atom stereocenters. The third kappa shape index (κ3) is 10.5. The van der Waals surface area contributed by atoms with Crippen LogP contribution in [0.25, 0.3) is 21.9 Å². The molecule has 0 saturated heterocycles. The summed E-state index contributed by atoms with van der Waals surface area (Å²) in [5.74, 6) is 0.743. The van der Waals surface area contributed by atoms with Gasteiger partial charge >= 0.3 is 6.09 Å². The van der Waals surface area contributed by atoms with E-state index >= 15 is 0 Å². The smallest absolute Gasteiger partial charge is 0.414 e. The molecule has 39 heavy (non-hydrogen) atoms. The lowest BCUT2D eigenvalue weighted by molar-refractivity contribution is 0.0280. The minimum absolute atomic E-state index is 0.00841. The fourth-order valence-corrected chi connectivity index (χ4v) is 3.96. The van der Waals surface area contributed by atoms with Gasteiger partial charge in [0.25, 0.3) is 10.1 Å². The summed E-state index contributed by atoms with van der Waals surface area (Å²) < 4.78 is 48.2. The molecule has 9 nitrogen and oxygen atoms in total. The van der Waals surface area contributed by atoms with Gasteiger partial charge in [0.1, 0.15) is 18.0 Å². The SMILES string of the molecule is CN(C(=O)OC(C)(C)C)c1ccc2cc(-c3ccc(OCCOCCOCCOS(C)(=O)=O)cc3)ccc2c1. The first-order valence-corrected chi connectivity index (χ1v) is 14.5. The monoisotopic (exact) mass is 559 g/mol. The van der Waals surface area contributed by atoms with Crippen LogP contribution < -0.4 is 9.64 Å². The molecular formula is C29H37NO8S. The molecule has 0 radical (unpaired) electrons. The number of amides is 1. The second kappa shape index (κ2) is 13.7. The van der Waals surface area contributed by atoms with Crippen molar-refractivity contribution in [3.63, 3.8) is 0 Å². The molecule has 10 heteroatoms. The molecule has 1 amide bonds. The van der Waals surface area contributed by atoms with Crippen molar-refractivity contribution in [1.82, 2.24) is 0 Å². The van der Waals surface area contributed by atoms with Crippen molar-refractivity contribution >= 4 is 32.7 Å². The van der Waals surface area contributed by atoms with Gasteiger partial charge in [0, 0.05) is 12.7 Å². The fourth-order valence-electron chi connectivity index (χ4n) is 3.59. The summed E-state index contributed by atoms with van der Waals surface area (Å²) in [4.78, 5) is 13.9. The summed E-state index contributed by atoms with van der Waals surface area (Å²) in [6, 6.07) is 20.0. The van der Waals surface area contributed by atoms with Gasteiger partial charge in [0.2, 0.25) is 0 Å². The summed E-state index contributed by atoms with van der Waals surface area (Å²) in [5, 5.41) is 2.09. The quantitative estimate of drug-likeness (QED) is 0.206. The maximum atomic E-state index is 12.4. The molecule has 0 atom stereocenters. The second-order valence-electron chi connectivity index (χ2n) is 9.91. The molecule has 3 aromatic rings. The van der Waals surface area contributed by atoms with Crippen molar-refractivity contribution < 1.29 is 36.3 Å². The van der Waals surface area contributed by atoms with Gasteiger partial charge in [-0.2, -0.15) is 8.42 Å². The lowest BCUT2D eigenvalue weighted by Crippen LogP contribution is -2.34. The molecule has 0 bridgehead atoms. The molecule has 0 saturated carbocycles. The highest BCUT2D eigenvalue weighted by molar-refractivity contribution is 7.85. The van der Waals surface area contributed by atoms with Crippen molar-refractivity contribution in [2.24, 2.45) is 0 Å². The molecule has 3 rings (SSSR count). The number of carbonyl (C=O) groups is 1. The number of fused-ring (bicyclic) bond motifs is 1. The maximum absolute atomic E-state index is 12.4. The van der Waals surface area contributed by atoms with Crippen molar-refractivity contribution in [1.29, 1.82) is 0 Å². The zero-order valence-electron chi connectivity index (χ0n) is 23.1. The molecule has 0 aromatic heterocycles. The van der Waals surface area contributed by atoms with E-state index in [1.807, 2.05) is 69.3 Å². The first-order chi connectivity index (χ1) is 18.4. The highest BCUT2D eigenvalue weighted by atomic mass is 32.2. The van der Waals surface area contributed by atoms with Crippen molar-refractivity contribution in [3.05, 3.63) is 60.7 Å². The Morgan fingerprint density at radius 2 is 1.33 bits per heavy atom. The number of hydrogen-bond donors (Lipinski definition) is 0. The molecule has 0 aliphatic carbocycles. The summed E-state index contributed by atoms with van der Waals surface area (Å²) >= 11 is 0. The predicted octanol–water partition coefficient (Wildman–Crippen LogP) is 5.27. The van der Waals surface area contributed by atoms with Gasteiger partial charge in [-0.15, -0.1) is 0 Å². The Labute approximate surface area is 230 Å². The van der Waals surface area contributed by atoms with E-state index in [4.69, 9.17) is 18.9 Å². The Morgan fingerprint density at radius 1 is 0.769 bits per heavy atom. The van der Waals surface area contributed by atoms with Gasteiger partial charge in [-0.05, 0) is 73.0 Å². The van der Waals surface area contributed by atoms with Crippen molar-refractivity contribution in [3.8, 4) is 16.9 Å². The Morgan fingerprint density at radius 3 is 1.97 bits per heavy atom. The van der Waals surface area contributed by atoms with Crippen molar-refractivity contribution in [2.75, 3.05) is 57.8 Å². The molecule has 0 spiro atoms. The van der Waals surface area contributed by atoms with Crippen LogP contribution in [-0.4, -0.2) is 73.1 Å². The lowest BCUT2D eigenvalue weighted by atomic mass is 10.0. The van der Waals surface area contributed by atoms with Gasteiger partial charge < -0.3 is 18.9 Å². The van der Waals surface area contributed by atoms with E-state index in [0.717, 1.165) is 39.6 Å². The van der Waals surface area contributed by atoms with E-state index in [9.17, 15) is 13.2 Å².